The van der Waals surface area contributed by atoms with Crippen molar-refractivity contribution in [2.75, 3.05) is 6.61 Å². The van der Waals surface area contributed by atoms with E-state index in [2.05, 4.69) is 15.0 Å². The van der Waals surface area contributed by atoms with Crippen LogP contribution in [0.25, 0.3) is 27.9 Å². The second-order valence-corrected chi connectivity index (χ2v) is 8.31. The molecule has 0 saturated heterocycles. The number of nitrogens with zero attached hydrogens (tertiary/aromatic N) is 2. The predicted octanol–water partition coefficient (Wildman–Crippen LogP) is 6.63. The first kappa shape index (κ1) is 23.3. The molecule has 8 heteroatoms. The summed E-state index contributed by atoms with van der Waals surface area (Å²) in [6, 6.07) is 15.9. The number of hydrogen-bond donors (Lipinski definition) is 1. The quantitative estimate of drug-likeness (QED) is 0.154. The number of nitrogens with one attached hydrogen (secondary N) is 1. The second kappa shape index (κ2) is 10.0. The van der Waals surface area contributed by atoms with E-state index in [9.17, 15) is 9.59 Å². The van der Waals surface area contributed by atoms with Gasteiger partial charge in [-0.25, -0.2) is 9.78 Å². The van der Waals surface area contributed by atoms with Gasteiger partial charge >= 0.3 is 5.97 Å². The third kappa shape index (κ3) is 4.82. The molecule has 36 heavy (non-hydrogen) atoms. The number of H-pyrrole nitrogens is 1. The number of hydrogen-bond acceptors (Lipinski definition) is 6. The minimum Gasteiger partial charge on any atom is -0.462 e. The molecule has 2 aromatic carbocycles. The number of rotatable bonds is 7. The van der Waals surface area contributed by atoms with Gasteiger partial charge in [0.25, 0.3) is 0 Å². The number of ketones is 1. The van der Waals surface area contributed by atoms with Crippen molar-refractivity contribution in [3.05, 3.63) is 101 Å². The summed E-state index contributed by atoms with van der Waals surface area (Å²) in [7, 11) is 0. The van der Waals surface area contributed by atoms with E-state index in [-0.39, 0.29) is 18.0 Å². The molecule has 3 heterocycles. The molecule has 0 atom stereocenters. The van der Waals surface area contributed by atoms with Crippen molar-refractivity contribution in [1.29, 1.82) is 0 Å². The van der Waals surface area contributed by atoms with Gasteiger partial charge in [-0.2, -0.15) is 0 Å². The normalized spacial score (nSPS) is 11.3. The molecule has 0 aliphatic carbocycles. The van der Waals surface area contributed by atoms with Gasteiger partial charge in [-0.15, -0.1) is 0 Å². The number of ether oxygens (including phenoxy) is 2. The zero-order chi connectivity index (χ0) is 25.1. The lowest BCUT2D eigenvalue weighted by Gasteiger charge is -2.08. The number of halogens is 1. The Hall–Kier alpha value is -4.49. The minimum absolute atomic E-state index is 0.219. The summed E-state index contributed by atoms with van der Waals surface area (Å²) < 4.78 is 11.0. The Labute approximate surface area is 211 Å². The standard InChI is InChI=1S/C28H20ClN3O4/c1-2-35-28(34)22-13-17-12-18(29)5-8-24(17)32-25(22)9-10-27(33)23-16-31-26-14-19(6-7-21(23)26)36-20-4-3-11-30-15-20/h3-16,31H,2H2,1H3/b10-9+. The van der Waals surface area contributed by atoms with E-state index < -0.39 is 5.97 Å². The molecule has 7 nitrogen and oxygen atoms in total. The SMILES string of the molecule is CCOC(=O)c1cc2cc(Cl)ccc2nc1/C=C/C(=O)c1c[nH]c2cc(Oc3cccnc3)ccc12. The molecule has 5 rings (SSSR count). The molecular formula is C28H20ClN3O4. The summed E-state index contributed by atoms with van der Waals surface area (Å²) in [6.07, 6.45) is 7.87. The fourth-order valence-electron chi connectivity index (χ4n) is 3.82. The number of carbonyl (C=O) groups excluding carboxylic acids is 2. The average molecular weight is 498 g/mol. The molecule has 0 spiro atoms. The highest BCUT2D eigenvalue weighted by molar-refractivity contribution is 6.31. The maximum Gasteiger partial charge on any atom is 0.340 e. The number of benzene rings is 2. The van der Waals surface area contributed by atoms with Gasteiger partial charge in [0, 0.05) is 45.3 Å². The van der Waals surface area contributed by atoms with Crippen LogP contribution in [0.2, 0.25) is 5.02 Å². The lowest BCUT2D eigenvalue weighted by atomic mass is 10.1. The molecule has 3 aromatic heterocycles. The van der Waals surface area contributed by atoms with Crippen molar-refractivity contribution < 1.29 is 19.1 Å². The maximum absolute atomic E-state index is 13.1. The lowest BCUT2D eigenvalue weighted by Crippen LogP contribution is -2.08. The smallest absolute Gasteiger partial charge is 0.340 e. The number of aromatic amines is 1. The van der Waals surface area contributed by atoms with Crippen molar-refractivity contribution in [1.82, 2.24) is 15.0 Å². The van der Waals surface area contributed by atoms with Crippen LogP contribution in [0, 0.1) is 0 Å². The lowest BCUT2D eigenvalue weighted by molar-refractivity contribution is 0.0525. The second-order valence-electron chi connectivity index (χ2n) is 7.88. The summed E-state index contributed by atoms with van der Waals surface area (Å²) in [5, 5.41) is 1.98. The molecule has 0 fully saturated rings. The Morgan fingerprint density at radius 2 is 1.94 bits per heavy atom. The summed E-state index contributed by atoms with van der Waals surface area (Å²) in [5.41, 5.74) is 2.48. The molecule has 178 valence electrons. The van der Waals surface area contributed by atoms with Gasteiger partial charge in [0.1, 0.15) is 11.5 Å². The van der Waals surface area contributed by atoms with Crippen molar-refractivity contribution in [3.8, 4) is 11.5 Å². The Morgan fingerprint density at radius 3 is 2.75 bits per heavy atom. The Balaban J connectivity index is 1.44. The summed E-state index contributed by atoms with van der Waals surface area (Å²) in [5.74, 6) is 0.471. The van der Waals surface area contributed by atoms with E-state index in [1.807, 2.05) is 18.2 Å². The van der Waals surface area contributed by atoms with Crippen LogP contribution in [0.1, 0.15) is 33.3 Å². The largest absolute Gasteiger partial charge is 0.462 e. The van der Waals surface area contributed by atoms with E-state index in [1.54, 1.807) is 61.9 Å². The van der Waals surface area contributed by atoms with Crippen LogP contribution in [0.4, 0.5) is 0 Å². The van der Waals surface area contributed by atoms with Gasteiger partial charge in [0.15, 0.2) is 5.78 Å². The molecule has 0 bridgehead atoms. The van der Waals surface area contributed by atoms with E-state index in [1.165, 1.54) is 12.2 Å². The van der Waals surface area contributed by atoms with Gasteiger partial charge in [-0.1, -0.05) is 11.6 Å². The van der Waals surface area contributed by atoms with E-state index in [0.717, 1.165) is 10.9 Å². The van der Waals surface area contributed by atoms with Crippen molar-refractivity contribution >= 4 is 51.2 Å². The van der Waals surface area contributed by atoms with E-state index in [0.29, 0.717) is 38.7 Å². The number of aromatic nitrogens is 3. The van der Waals surface area contributed by atoms with Gasteiger partial charge < -0.3 is 14.5 Å². The van der Waals surface area contributed by atoms with Crippen LogP contribution < -0.4 is 4.74 Å². The van der Waals surface area contributed by atoms with E-state index >= 15 is 0 Å². The molecule has 0 aliphatic rings. The molecule has 0 unspecified atom stereocenters. The van der Waals surface area contributed by atoms with Crippen molar-refractivity contribution in [2.45, 2.75) is 6.92 Å². The summed E-state index contributed by atoms with van der Waals surface area (Å²) in [6.45, 7) is 1.95. The first-order chi connectivity index (χ1) is 17.5. The Bertz CT molecular complexity index is 1630. The first-order valence-electron chi connectivity index (χ1n) is 11.2. The number of fused-ring (bicyclic) bond motifs is 2. The monoisotopic (exact) mass is 497 g/mol. The van der Waals surface area contributed by atoms with Gasteiger partial charge in [0.2, 0.25) is 0 Å². The molecule has 0 aliphatic heterocycles. The fourth-order valence-corrected chi connectivity index (χ4v) is 4.00. The Morgan fingerprint density at radius 1 is 1.06 bits per heavy atom. The summed E-state index contributed by atoms with van der Waals surface area (Å²) in [4.78, 5) is 37.4. The number of esters is 1. The number of allylic oxidation sites excluding steroid dienone is 1. The maximum atomic E-state index is 13.1. The summed E-state index contributed by atoms with van der Waals surface area (Å²) >= 11 is 6.09. The van der Waals surface area contributed by atoms with Crippen LogP contribution in [0.5, 0.6) is 11.5 Å². The molecule has 1 N–H and O–H groups in total. The average Bonchev–Trinajstić information content (AvgIpc) is 3.31. The highest BCUT2D eigenvalue weighted by Crippen LogP contribution is 2.28. The molecule has 5 aromatic rings. The fraction of sp³-hybridized carbons (Fsp3) is 0.0714. The number of pyridine rings is 2. The topological polar surface area (TPSA) is 94.2 Å². The molecule has 0 radical (unpaired) electrons. The van der Waals surface area contributed by atoms with Crippen LogP contribution in [0.15, 0.2) is 79.3 Å². The van der Waals surface area contributed by atoms with Crippen molar-refractivity contribution in [3.63, 3.8) is 0 Å². The number of carbonyl (C=O) groups is 2. The minimum atomic E-state index is -0.521. The van der Waals surface area contributed by atoms with Gasteiger partial charge in [-0.05, 0) is 67.6 Å². The Kier molecular flexibility index (Phi) is 6.47. The molecule has 0 amide bonds. The third-order valence-electron chi connectivity index (χ3n) is 5.48. The molecular weight excluding hydrogens is 478 g/mol. The van der Waals surface area contributed by atoms with Gasteiger partial charge in [0.05, 0.1) is 29.6 Å². The molecule has 0 saturated carbocycles. The van der Waals surface area contributed by atoms with Crippen LogP contribution in [-0.4, -0.2) is 33.3 Å². The first-order valence-corrected chi connectivity index (χ1v) is 11.6. The van der Waals surface area contributed by atoms with Gasteiger partial charge in [-0.3, -0.25) is 9.78 Å². The van der Waals surface area contributed by atoms with Crippen molar-refractivity contribution in [2.24, 2.45) is 0 Å². The highest BCUT2D eigenvalue weighted by atomic mass is 35.5. The third-order valence-corrected chi connectivity index (χ3v) is 5.72. The highest BCUT2D eigenvalue weighted by Gasteiger charge is 2.16. The van der Waals surface area contributed by atoms with Crippen LogP contribution >= 0.6 is 11.6 Å². The van der Waals surface area contributed by atoms with E-state index in [4.69, 9.17) is 21.1 Å². The van der Waals surface area contributed by atoms with Crippen LogP contribution in [-0.2, 0) is 4.74 Å². The zero-order valence-electron chi connectivity index (χ0n) is 19.2. The predicted molar refractivity (Wildman–Crippen MR) is 139 cm³/mol. The zero-order valence-corrected chi connectivity index (χ0v) is 20.0. The van der Waals surface area contributed by atoms with Crippen LogP contribution in [0.3, 0.4) is 0 Å².